The zero-order valence-electron chi connectivity index (χ0n) is 10.9. The number of hydrogen-bond acceptors (Lipinski definition) is 1. The maximum atomic E-state index is 11.6. The van der Waals surface area contributed by atoms with Crippen LogP contribution in [0.4, 0.5) is 0 Å². The molecule has 0 fully saturated rings. The summed E-state index contributed by atoms with van der Waals surface area (Å²) in [6, 6.07) is 8.92. The van der Waals surface area contributed by atoms with Gasteiger partial charge in [-0.1, -0.05) is 36.4 Å². The number of ketones is 1. The molecule has 0 bridgehead atoms. The van der Waals surface area contributed by atoms with E-state index in [0.717, 1.165) is 19.3 Å². The van der Waals surface area contributed by atoms with Gasteiger partial charge in [0.2, 0.25) is 0 Å². The van der Waals surface area contributed by atoms with Crippen LogP contribution in [0.25, 0.3) is 16.8 Å². The SMILES string of the molecule is O=C1CCc2c(ccc3c4c(ccc23)CCC=C4)C1. The van der Waals surface area contributed by atoms with Crippen molar-refractivity contribution in [3.8, 4) is 0 Å². The van der Waals surface area contributed by atoms with Gasteiger partial charge in [0.05, 0.1) is 0 Å². The number of aryl methyl sites for hydroxylation is 2. The number of carbonyl (C=O) groups is 1. The van der Waals surface area contributed by atoms with Crippen molar-refractivity contribution in [2.75, 3.05) is 0 Å². The van der Waals surface area contributed by atoms with Crippen LogP contribution in [-0.4, -0.2) is 5.78 Å². The highest BCUT2D eigenvalue weighted by molar-refractivity contribution is 5.97. The minimum atomic E-state index is 0.379. The largest absolute Gasteiger partial charge is 0.299 e. The van der Waals surface area contributed by atoms with Gasteiger partial charge >= 0.3 is 0 Å². The molecule has 0 heterocycles. The average Bonchev–Trinajstić information content (AvgIpc) is 2.46. The van der Waals surface area contributed by atoms with Crippen molar-refractivity contribution in [3.05, 3.63) is 52.6 Å². The Kier molecular flexibility index (Phi) is 2.34. The number of Topliss-reactive ketones (excluding diaryl/α,β-unsaturated/α-hetero) is 1. The molecular weight excluding hydrogens is 232 g/mol. The Balaban J connectivity index is 2.02. The summed E-state index contributed by atoms with van der Waals surface area (Å²) in [4.78, 5) is 11.6. The fourth-order valence-corrected chi connectivity index (χ4v) is 3.46. The van der Waals surface area contributed by atoms with Gasteiger partial charge in [-0.3, -0.25) is 4.79 Å². The van der Waals surface area contributed by atoms with Crippen LogP contribution in [0.1, 0.15) is 35.1 Å². The van der Waals surface area contributed by atoms with Gasteiger partial charge in [-0.25, -0.2) is 0 Å². The summed E-state index contributed by atoms with van der Waals surface area (Å²) in [5, 5.41) is 2.72. The highest BCUT2D eigenvalue weighted by Crippen LogP contribution is 2.33. The number of carbonyl (C=O) groups excluding carboxylic acids is 1. The molecule has 0 aliphatic heterocycles. The van der Waals surface area contributed by atoms with E-state index in [4.69, 9.17) is 0 Å². The van der Waals surface area contributed by atoms with Crippen LogP contribution in [0, 0.1) is 0 Å². The lowest BCUT2D eigenvalue weighted by Gasteiger charge is -2.20. The van der Waals surface area contributed by atoms with Crippen molar-refractivity contribution in [2.45, 2.75) is 32.1 Å². The van der Waals surface area contributed by atoms with Crippen molar-refractivity contribution < 1.29 is 4.79 Å². The van der Waals surface area contributed by atoms with Crippen molar-refractivity contribution >= 4 is 22.6 Å². The lowest BCUT2D eigenvalue weighted by atomic mass is 9.84. The molecule has 0 atom stereocenters. The molecule has 2 aromatic carbocycles. The molecule has 0 N–H and O–H groups in total. The van der Waals surface area contributed by atoms with Crippen molar-refractivity contribution in [2.24, 2.45) is 0 Å². The Morgan fingerprint density at radius 3 is 2.63 bits per heavy atom. The Morgan fingerprint density at radius 2 is 1.68 bits per heavy atom. The van der Waals surface area contributed by atoms with E-state index >= 15 is 0 Å². The van der Waals surface area contributed by atoms with Crippen molar-refractivity contribution in [1.29, 1.82) is 0 Å². The molecule has 94 valence electrons. The molecule has 0 saturated carbocycles. The second-order valence-electron chi connectivity index (χ2n) is 5.59. The standard InChI is InChI=1S/C18H16O/c19-14-7-10-16-13(11-14)6-9-17-15-4-2-1-3-12(15)5-8-18(16)17/h2,4-6,8-9H,1,3,7,10-11H2. The predicted octanol–water partition coefficient (Wildman–Crippen LogP) is 3.86. The van der Waals surface area contributed by atoms with E-state index in [2.05, 4.69) is 36.4 Å². The molecule has 0 amide bonds. The van der Waals surface area contributed by atoms with Crippen LogP contribution >= 0.6 is 0 Å². The second-order valence-corrected chi connectivity index (χ2v) is 5.59. The molecule has 4 rings (SSSR count). The third-order valence-electron chi connectivity index (χ3n) is 4.45. The van der Waals surface area contributed by atoms with Gasteiger partial charge in [0.15, 0.2) is 0 Å². The average molecular weight is 248 g/mol. The molecule has 1 nitrogen and oxygen atoms in total. The summed E-state index contributed by atoms with van der Waals surface area (Å²) in [7, 11) is 0. The minimum Gasteiger partial charge on any atom is -0.299 e. The number of rotatable bonds is 0. The Hall–Kier alpha value is -1.89. The molecule has 0 aromatic heterocycles. The van der Waals surface area contributed by atoms with Gasteiger partial charge in [-0.15, -0.1) is 0 Å². The summed E-state index contributed by atoms with van der Waals surface area (Å²) in [5.74, 6) is 0.379. The second kappa shape index (κ2) is 4.06. The summed E-state index contributed by atoms with van der Waals surface area (Å²) in [6.45, 7) is 0. The lowest BCUT2D eigenvalue weighted by molar-refractivity contribution is -0.118. The van der Waals surface area contributed by atoms with E-state index in [-0.39, 0.29) is 0 Å². The van der Waals surface area contributed by atoms with Crippen LogP contribution < -0.4 is 0 Å². The smallest absolute Gasteiger partial charge is 0.137 e. The topological polar surface area (TPSA) is 17.1 Å². The first-order valence-electron chi connectivity index (χ1n) is 7.07. The maximum Gasteiger partial charge on any atom is 0.137 e. The highest BCUT2D eigenvalue weighted by Gasteiger charge is 2.19. The molecule has 2 aromatic rings. The summed E-state index contributed by atoms with van der Waals surface area (Å²) in [6.07, 6.45) is 9.08. The predicted molar refractivity (Wildman–Crippen MR) is 78.3 cm³/mol. The van der Waals surface area contributed by atoms with Crippen LogP contribution in [0.15, 0.2) is 30.3 Å². The molecule has 19 heavy (non-hydrogen) atoms. The zero-order valence-corrected chi connectivity index (χ0v) is 10.9. The van der Waals surface area contributed by atoms with Gasteiger partial charge in [0.25, 0.3) is 0 Å². The van der Waals surface area contributed by atoms with Crippen molar-refractivity contribution in [1.82, 2.24) is 0 Å². The third kappa shape index (κ3) is 1.65. The van der Waals surface area contributed by atoms with E-state index < -0.39 is 0 Å². The van der Waals surface area contributed by atoms with Crippen LogP contribution in [0.2, 0.25) is 0 Å². The van der Waals surface area contributed by atoms with E-state index in [0.29, 0.717) is 18.6 Å². The maximum absolute atomic E-state index is 11.6. The summed E-state index contributed by atoms with van der Waals surface area (Å²) < 4.78 is 0. The van der Waals surface area contributed by atoms with E-state index in [1.54, 1.807) is 0 Å². The molecular formula is C18H16O. The molecule has 1 heteroatoms. The fourth-order valence-electron chi connectivity index (χ4n) is 3.46. The van der Waals surface area contributed by atoms with Crippen LogP contribution in [-0.2, 0) is 24.1 Å². The minimum absolute atomic E-state index is 0.379. The molecule has 0 unspecified atom stereocenters. The highest BCUT2D eigenvalue weighted by atomic mass is 16.1. The Labute approximate surface area is 112 Å². The van der Waals surface area contributed by atoms with E-state index in [9.17, 15) is 4.79 Å². The van der Waals surface area contributed by atoms with Gasteiger partial charge in [-0.2, -0.15) is 0 Å². The first-order chi connectivity index (χ1) is 9.33. The number of fused-ring (bicyclic) bond motifs is 5. The van der Waals surface area contributed by atoms with E-state index in [1.807, 2.05) is 0 Å². The van der Waals surface area contributed by atoms with Crippen molar-refractivity contribution in [3.63, 3.8) is 0 Å². The van der Waals surface area contributed by atoms with Gasteiger partial charge in [0.1, 0.15) is 5.78 Å². The van der Waals surface area contributed by atoms with Crippen LogP contribution in [0.5, 0.6) is 0 Å². The number of hydrogen-bond donors (Lipinski definition) is 0. The zero-order chi connectivity index (χ0) is 12.8. The molecule has 2 aliphatic carbocycles. The van der Waals surface area contributed by atoms with E-state index in [1.165, 1.54) is 33.0 Å². The Morgan fingerprint density at radius 1 is 0.842 bits per heavy atom. The molecule has 0 radical (unpaired) electrons. The number of allylic oxidation sites excluding steroid dienone is 1. The lowest BCUT2D eigenvalue weighted by Crippen LogP contribution is -2.13. The first kappa shape index (κ1) is 11.0. The quantitative estimate of drug-likeness (QED) is 0.692. The number of benzene rings is 2. The van der Waals surface area contributed by atoms with Gasteiger partial charge in [0, 0.05) is 12.8 Å². The Bertz CT molecular complexity index is 722. The van der Waals surface area contributed by atoms with Crippen LogP contribution in [0.3, 0.4) is 0 Å². The molecule has 0 spiro atoms. The normalized spacial score (nSPS) is 17.4. The summed E-state index contributed by atoms with van der Waals surface area (Å²) in [5.41, 5.74) is 5.49. The van der Waals surface area contributed by atoms with Gasteiger partial charge in [-0.05, 0) is 52.3 Å². The van der Waals surface area contributed by atoms with Gasteiger partial charge < -0.3 is 0 Å². The summed E-state index contributed by atoms with van der Waals surface area (Å²) >= 11 is 0. The fraction of sp³-hybridized carbons (Fsp3) is 0.278. The molecule has 2 aliphatic rings. The first-order valence-corrected chi connectivity index (χ1v) is 7.07. The third-order valence-corrected chi connectivity index (χ3v) is 4.45. The monoisotopic (exact) mass is 248 g/mol. The molecule has 0 saturated heterocycles.